The van der Waals surface area contributed by atoms with Gasteiger partial charge in [-0.1, -0.05) is 23.2 Å². The second-order valence-corrected chi connectivity index (χ2v) is 12.5. The third-order valence-electron chi connectivity index (χ3n) is 5.52. The van der Waals surface area contributed by atoms with Gasteiger partial charge in [0.05, 0.1) is 29.7 Å². The lowest BCUT2D eigenvalue weighted by molar-refractivity contribution is -0.385. The maximum absolute atomic E-state index is 12.4. The predicted octanol–water partition coefficient (Wildman–Crippen LogP) is 5.48. The molecule has 0 bridgehead atoms. The van der Waals surface area contributed by atoms with Crippen molar-refractivity contribution < 1.29 is 47.0 Å². The number of aromatic nitrogens is 3. The van der Waals surface area contributed by atoms with E-state index >= 15 is 0 Å². The lowest BCUT2D eigenvalue weighted by atomic mass is 10.1. The number of anilines is 1. The van der Waals surface area contributed by atoms with Gasteiger partial charge in [-0.2, -0.15) is 15.0 Å². The first-order chi connectivity index (χ1) is 22.5. The molecule has 0 unspecified atom stereocenters. The number of carboxylic acids is 1. The number of aryl methyl sites for hydroxylation is 1. The van der Waals surface area contributed by atoms with E-state index in [1.54, 1.807) is 16.9 Å². The highest BCUT2D eigenvalue weighted by molar-refractivity contribution is 14.1. The summed E-state index contributed by atoms with van der Waals surface area (Å²) < 4.78 is 41.8. The Bertz CT molecular complexity index is 2020. The molecule has 0 fully saturated rings. The molecule has 0 atom stereocenters. The first kappa shape index (κ1) is 37.6. The highest BCUT2D eigenvalue weighted by Crippen LogP contribution is 2.33. The molecule has 3 N–H and O–H groups in total. The van der Waals surface area contributed by atoms with Gasteiger partial charge < -0.3 is 19.3 Å². The van der Waals surface area contributed by atoms with Crippen molar-refractivity contribution in [1.82, 2.24) is 19.7 Å². The number of carboxylic acid groups (broad SMARTS) is 1. The number of carbonyl (C=O) groups is 3. The molecule has 0 saturated carbocycles. The van der Waals surface area contributed by atoms with E-state index in [4.69, 9.17) is 37.8 Å². The fourth-order valence-electron chi connectivity index (χ4n) is 3.50. The van der Waals surface area contributed by atoms with Crippen molar-refractivity contribution in [2.75, 3.05) is 19.5 Å². The molecule has 0 aliphatic carbocycles. The number of sulfonamides is 1. The molecule has 17 nitrogen and oxygen atoms in total. The summed E-state index contributed by atoms with van der Waals surface area (Å²) >= 11 is 13.6. The van der Waals surface area contributed by atoms with Crippen molar-refractivity contribution >= 4 is 85.4 Å². The van der Waals surface area contributed by atoms with Gasteiger partial charge in [-0.3, -0.25) is 15.4 Å². The highest BCUT2D eigenvalue weighted by Gasteiger charge is 2.25. The third kappa shape index (κ3) is 10.1. The molecule has 4 rings (SSSR count). The zero-order chi connectivity index (χ0) is 35.8. The van der Waals surface area contributed by atoms with Crippen LogP contribution in [0.1, 0.15) is 26.5 Å². The third-order valence-corrected chi connectivity index (χ3v) is 8.09. The zero-order valence-electron chi connectivity index (χ0n) is 24.6. The molecule has 3 aromatic carbocycles. The Hall–Kier alpha value is -4.86. The van der Waals surface area contributed by atoms with Crippen LogP contribution in [0.15, 0.2) is 59.5 Å². The van der Waals surface area contributed by atoms with Crippen LogP contribution in [0.2, 0.25) is 10.0 Å². The van der Waals surface area contributed by atoms with Crippen LogP contribution in [0.3, 0.4) is 0 Å². The predicted molar refractivity (Wildman–Crippen MR) is 178 cm³/mol. The standard InChI is InChI=1S/C14H9Cl2NO5.C13H12IN5O6S/c1-21-14(18)10-7-9(3-4-12(10)17(19)20)22-13-5-2-8(15)6-11(13)16;1-6-15-11(18-13(16-6)25-2)17-12(22)19-26(23,24)9-5-7(14)3-4-8(9)10(20)21/h2-7H,1H3;3-5H,1-2H3,(H,20,21)(H2,15,16,17,18,19,22). The average molecular weight is 835 g/mol. The number of ether oxygens (including phenoxy) is 3. The van der Waals surface area contributed by atoms with E-state index in [2.05, 4.69) is 25.0 Å². The van der Waals surface area contributed by atoms with Crippen molar-refractivity contribution in [2.24, 2.45) is 0 Å². The number of carbonyl (C=O) groups excluding carboxylic acids is 2. The van der Waals surface area contributed by atoms with Gasteiger partial charge in [0.15, 0.2) is 0 Å². The van der Waals surface area contributed by atoms with E-state index in [-0.39, 0.29) is 39.8 Å². The van der Waals surface area contributed by atoms with Crippen LogP contribution in [-0.2, 0) is 14.8 Å². The van der Waals surface area contributed by atoms with E-state index in [1.807, 2.05) is 22.6 Å². The summed E-state index contributed by atoms with van der Waals surface area (Å²) in [7, 11) is -2.01. The maximum Gasteiger partial charge on any atom is 0.345 e. The number of rotatable bonds is 9. The second-order valence-electron chi connectivity index (χ2n) is 8.80. The lowest BCUT2D eigenvalue weighted by Crippen LogP contribution is -2.35. The smallest absolute Gasteiger partial charge is 0.345 e. The van der Waals surface area contributed by atoms with Crippen LogP contribution >= 0.6 is 45.8 Å². The summed E-state index contributed by atoms with van der Waals surface area (Å²) in [6.45, 7) is 1.52. The van der Waals surface area contributed by atoms with Crippen LogP contribution in [-0.4, -0.2) is 65.6 Å². The molecule has 0 spiro atoms. The minimum absolute atomic E-state index is 0.0681. The van der Waals surface area contributed by atoms with Crippen LogP contribution in [0, 0.1) is 20.6 Å². The van der Waals surface area contributed by atoms with Crippen molar-refractivity contribution in [2.45, 2.75) is 11.8 Å². The number of urea groups is 1. The molecule has 1 aromatic heterocycles. The molecular formula is C27H21Cl2IN6O11S. The number of nitrogens with zero attached hydrogens (tertiary/aromatic N) is 4. The maximum atomic E-state index is 12.4. The van der Waals surface area contributed by atoms with Gasteiger partial charge in [0.2, 0.25) is 5.95 Å². The second kappa shape index (κ2) is 16.3. The Kier molecular flexibility index (Phi) is 12.8. The van der Waals surface area contributed by atoms with Crippen LogP contribution in [0.25, 0.3) is 0 Å². The largest absolute Gasteiger partial charge is 0.478 e. The Balaban J connectivity index is 0.000000264. The summed E-state index contributed by atoms with van der Waals surface area (Å²) in [6, 6.07) is 10.8. The number of halogens is 3. The highest BCUT2D eigenvalue weighted by atomic mass is 127. The number of nitro groups is 1. The van der Waals surface area contributed by atoms with E-state index in [0.717, 1.165) is 25.3 Å². The van der Waals surface area contributed by atoms with Gasteiger partial charge in [0.25, 0.3) is 15.7 Å². The molecule has 0 aliphatic rings. The van der Waals surface area contributed by atoms with E-state index in [1.165, 1.54) is 38.3 Å². The van der Waals surface area contributed by atoms with Crippen molar-refractivity contribution in [3.8, 4) is 17.5 Å². The summed E-state index contributed by atoms with van der Waals surface area (Å²) in [5, 5.41) is 22.9. The SMILES string of the molecule is COC(=O)c1cc(Oc2ccc(Cl)cc2Cl)ccc1[N+](=O)[O-].COc1nc(C)nc(NC(=O)NS(=O)(=O)c2cc(I)ccc2C(=O)O)n1. The minimum Gasteiger partial charge on any atom is -0.478 e. The van der Waals surface area contributed by atoms with Crippen LogP contribution in [0.4, 0.5) is 16.4 Å². The number of benzene rings is 3. The molecule has 0 radical (unpaired) electrons. The van der Waals surface area contributed by atoms with Gasteiger partial charge in [0.1, 0.15) is 27.8 Å². The zero-order valence-corrected chi connectivity index (χ0v) is 29.0. The molecule has 0 aliphatic heterocycles. The van der Waals surface area contributed by atoms with E-state index < -0.39 is 43.4 Å². The molecule has 48 heavy (non-hydrogen) atoms. The summed E-state index contributed by atoms with van der Waals surface area (Å²) in [5.41, 5.74) is -1.06. The Morgan fingerprint density at radius 1 is 0.979 bits per heavy atom. The Morgan fingerprint density at radius 3 is 2.29 bits per heavy atom. The number of amides is 2. The molecule has 1 heterocycles. The molecule has 4 aromatic rings. The fourth-order valence-corrected chi connectivity index (χ4v) is 5.78. The minimum atomic E-state index is -4.45. The average Bonchev–Trinajstić information content (AvgIpc) is 3.01. The first-order valence-corrected chi connectivity index (χ1v) is 16.0. The lowest BCUT2D eigenvalue weighted by Gasteiger charge is -2.10. The first-order valence-electron chi connectivity index (χ1n) is 12.7. The van der Waals surface area contributed by atoms with Gasteiger partial charge in [0, 0.05) is 20.7 Å². The number of hydrogen-bond donors (Lipinski definition) is 3. The number of esters is 1. The van der Waals surface area contributed by atoms with E-state index in [0.29, 0.717) is 14.3 Å². The van der Waals surface area contributed by atoms with Crippen molar-refractivity contribution in [1.29, 1.82) is 0 Å². The monoisotopic (exact) mass is 834 g/mol. The Labute approximate surface area is 294 Å². The van der Waals surface area contributed by atoms with Crippen LogP contribution in [0.5, 0.6) is 17.5 Å². The summed E-state index contributed by atoms with van der Waals surface area (Å²) in [5.74, 6) is -1.77. The Morgan fingerprint density at radius 2 is 1.69 bits per heavy atom. The van der Waals surface area contributed by atoms with Crippen molar-refractivity contribution in [3.63, 3.8) is 0 Å². The topological polar surface area (TPSA) is 239 Å². The molecule has 0 saturated heterocycles. The van der Waals surface area contributed by atoms with Gasteiger partial charge >= 0.3 is 24.0 Å². The number of hydrogen-bond acceptors (Lipinski definition) is 13. The molecule has 252 valence electrons. The van der Waals surface area contributed by atoms with Crippen LogP contribution < -0.4 is 19.5 Å². The van der Waals surface area contributed by atoms with E-state index in [9.17, 15) is 32.9 Å². The van der Waals surface area contributed by atoms with Crippen molar-refractivity contribution in [3.05, 3.63) is 95.3 Å². The van der Waals surface area contributed by atoms with Gasteiger partial charge in [-0.05, 0) is 72.0 Å². The van der Waals surface area contributed by atoms with Gasteiger partial charge in [-0.25, -0.2) is 27.5 Å². The number of nitrogens with one attached hydrogen (secondary N) is 2. The number of nitro benzene ring substituents is 1. The number of aromatic carboxylic acids is 1. The normalized spacial score (nSPS) is 10.5. The molecule has 21 heteroatoms. The van der Waals surface area contributed by atoms with Gasteiger partial charge in [-0.15, -0.1) is 0 Å². The summed E-state index contributed by atoms with van der Waals surface area (Å²) in [4.78, 5) is 55.9. The quantitative estimate of drug-likeness (QED) is 0.0819. The number of methoxy groups -OCH3 is 2. The fraction of sp³-hybridized carbons (Fsp3) is 0.111. The molecule has 2 amide bonds. The molecular weight excluding hydrogens is 814 g/mol. The summed E-state index contributed by atoms with van der Waals surface area (Å²) in [6.07, 6.45) is 0.